The Morgan fingerprint density at radius 1 is 1.63 bits per heavy atom. The topological polar surface area (TPSA) is 38.3 Å². The van der Waals surface area contributed by atoms with E-state index in [9.17, 15) is 9.18 Å². The van der Waals surface area contributed by atoms with Gasteiger partial charge in [-0.15, -0.1) is 18.3 Å². The molecule has 1 aromatic rings. The Hall–Kier alpha value is -1.49. The lowest BCUT2D eigenvalue weighted by atomic mass is 10.2. The van der Waals surface area contributed by atoms with Gasteiger partial charge in [0.25, 0.3) is 0 Å². The van der Waals surface area contributed by atoms with E-state index in [1.54, 1.807) is 18.2 Å². The molecular formula is C14H18FNO2S. The molecule has 0 radical (unpaired) electrons. The maximum absolute atomic E-state index is 13.5. The highest BCUT2D eigenvalue weighted by Crippen LogP contribution is 2.22. The van der Waals surface area contributed by atoms with Gasteiger partial charge >= 0.3 is 0 Å². The van der Waals surface area contributed by atoms with E-state index in [0.717, 1.165) is 5.56 Å². The third-order valence-electron chi connectivity index (χ3n) is 2.51. The molecule has 0 aliphatic heterocycles. The summed E-state index contributed by atoms with van der Waals surface area (Å²) in [7, 11) is 1.43. The minimum absolute atomic E-state index is 0.0427. The lowest BCUT2D eigenvalue weighted by Crippen LogP contribution is -2.30. The molecule has 104 valence electrons. The number of thioether (sulfide) groups is 1. The van der Waals surface area contributed by atoms with Crippen LogP contribution in [0.15, 0.2) is 30.9 Å². The summed E-state index contributed by atoms with van der Waals surface area (Å²) in [6, 6.07) is 4.82. The van der Waals surface area contributed by atoms with Gasteiger partial charge in [-0.1, -0.05) is 12.1 Å². The van der Waals surface area contributed by atoms with Gasteiger partial charge in [0.05, 0.1) is 12.4 Å². The smallest absolute Gasteiger partial charge is 0.233 e. The van der Waals surface area contributed by atoms with E-state index in [4.69, 9.17) is 4.74 Å². The van der Waals surface area contributed by atoms with Gasteiger partial charge in [0.2, 0.25) is 5.91 Å². The normalized spacial score (nSPS) is 11.7. The summed E-state index contributed by atoms with van der Waals surface area (Å²) in [6.45, 7) is 5.82. The Kier molecular flexibility index (Phi) is 6.42. The monoisotopic (exact) mass is 283 g/mol. The lowest BCUT2D eigenvalue weighted by Gasteiger charge is -2.11. The lowest BCUT2D eigenvalue weighted by molar-refractivity contribution is -0.120. The molecule has 0 aromatic heterocycles. The summed E-state index contributed by atoms with van der Waals surface area (Å²) >= 11 is 1.46. The van der Waals surface area contributed by atoms with Crippen LogP contribution < -0.4 is 10.1 Å². The molecule has 5 heteroatoms. The summed E-state index contributed by atoms with van der Waals surface area (Å²) in [4.78, 5) is 11.6. The van der Waals surface area contributed by atoms with Crippen molar-refractivity contribution in [2.75, 3.05) is 13.7 Å². The predicted octanol–water partition coefficient (Wildman–Crippen LogP) is 2.76. The number of carbonyl (C=O) groups is 1. The molecule has 0 aliphatic rings. The summed E-state index contributed by atoms with van der Waals surface area (Å²) in [5.74, 6) is 0.373. The largest absolute Gasteiger partial charge is 0.494 e. The molecule has 0 saturated carbocycles. The van der Waals surface area contributed by atoms with Gasteiger partial charge in [-0.05, 0) is 24.6 Å². The number of halogens is 1. The fourth-order valence-electron chi connectivity index (χ4n) is 1.41. The van der Waals surface area contributed by atoms with E-state index in [2.05, 4.69) is 11.9 Å². The van der Waals surface area contributed by atoms with Crippen LogP contribution in [0.2, 0.25) is 0 Å². The third kappa shape index (κ3) is 4.95. The van der Waals surface area contributed by atoms with E-state index >= 15 is 0 Å². The first-order valence-corrected chi connectivity index (χ1v) is 6.96. The first-order valence-electron chi connectivity index (χ1n) is 5.91. The highest BCUT2D eigenvalue weighted by molar-refractivity contribution is 7.99. The molecule has 0 aliphatic carbocycles. The average Bonchev–Trinajstić information content (AvgIpc) is 2.42. The number of hydrogen-bond acceptors (Lipinski definition) is 3. The summed E-state index contributed by atoms with van der Waals surface area (Å²) in [6.07, 6.45) is 1.63. The minimum atomic E-state index is -0.385. The van der Waals surface area contributed by atoms with Crippen LogP contribution in [0.4, 0.5) is 4.39 Å². The van der Waals surface area contributed by atoms with E-state index in [0.29, 0.717) is 12.3 Å². The van der Waals surface area contributed by atoms with Crippen molar-refractivity contribution < 1.29 is 13.9 Å². The fourth-order valence-corrected chi connectivity index (χ4v) is 2.27. The number of amides is 1. The highest BCUT2D eigenvalue weighted by Gasteiger charge is 2.13. The molecular weight excluding hydrogens is 265 g/mol. The third-order valence-corrected chi connectivity index (χ3v) is 3.72. The van der Waals surface area contributed by atoms with Crippen molar-refractivity contribution >= 4 is 17.7 Å². The Balaban J connectivity index is 2.50. The van der Waals surface area contributed by atoms with Gasteiger partial charge in [0.15, 0.2) is 11.6 Å². The zero-order valence-corrected chi connectivity index (χ0v) is 11.9. The van der Waals surface area contributed by atoms with Crippen molar-refractivity contribution in [1.82, 2.24) is 5.32 Å². The number of ether oxygens (including phenoxy) is 1. The van der Waals surface area contributed by atoms with Gasteiger partial charge in [0, 0.05) is 12.3 Å². The Bertz CT molecular complexity index is 451. The van der Waals surface area contributed by atoms with E-state index < -0.39 is 0 Å². The Labute approximate surface area is 117 Å². The Morgan fingerprint density at radius 2 is 2.37 bits per heavy atom. The number of carbonyl (C=O) groups excluding carboxylic acids is 1. The van der Waals surface area contributed by atoms with Crippen LogP contribution in [0.25, 0.3) is 0 Å². The molecule has 0 saturated heterocycles. The molecule has 3 nitrogen and oxygen atoms in total. The fraction of sp³-hybridized carbons (Fsp3) is 0.357. The van der Waals surface area contributed by atoms with Crippen molar-refractivity contribution in [2.45, 2.75) is 17.9 Å². The van der Waals surface area contributed by atoms with Gasteiger partial charge in [-0.2, -0.15) is 0 Å². The molecule has 19 heavy (non-hydrogen) atoms. The number of methoxy groups -OCH3 is 1. The summed E-state index contributed by atoms with van der Waals surface area (Å²) in [5, 5.41) is 2.54. The van der Waals surface area contributed by atoms with Crippen LogP contribution >= 0.6 is 11.8 Å². The van der Waals surface area contributed by atoms with Crippen molar-refractivity contribution in [2.24, 2.45) is 0 Å². The number of nitrogens with one attached hydrogen (secondary N) is 1. The molecule has 1 amide bonds. The van der Waals surface area contributed by atoms with E-state index in [-0.39, 0.29) is 22.7 Å². The van der Waals surface area contributed by atoms with Crippen LogP contribution in [0.5, 0.6) is 5.75 Å². The van der Waals surface area contributed by atoms with Crippen LogP contribution in [0.3, 0.4) is 0 Å². The number of hydrogen-bond donors (Lipinski definition) is 1. The van der Waals surface area contributed by atoms with Gasteiger partial charge in [-0.3, -0.25) is 4.79 Å². The number of rotatable bonds is 7. The van der Waals surface area contributed by atoms with Crippen molar-refractivity contribution in [1.29, 1.82) is 0 Å². The first kappa shape index (κ1) is 15.6. The SMILES string of the molecule is C=CCNC(=O)C(C)SCc1ccc(OC)c(F)c1. The van der Waals surface area contributed by atoms with Crippen molar-refractivity contribution in [3.8, 4) is 5.75 Å². The van der Waals surface area contributed by atoms with Crippen LogP contribution in [0, 0.1) is 5.82 Å². The highest BCUT2D eigenvalue weighted by atomic mass is 32.2. The predicted molar refractivity (Wildman–Crippen MR) is 76.9 cm³/mol. The maximum atomic E-state index is 13.5. The second-order valence-corrected chi connectivity index (χ2v) is 5.29. The molecule has 1 atom stereocenters. The van der Waals surface area contributed by atoms with Gasteiger partial charge < -0.3 is 10.1 Å². The van der Waals surface area contributed by atoms with Crippen molar-refractivity contribution in [3.63, 3.8) is 0 Å². The summed E-state index contributed by atoms with van der Waals surface area (Å²) in [5.41, 5.74) is 0.826. The van der Waals surface area contributed by atoms with Gasteiger partial charge in [-0.25, -0.2) is 4.39 Å². The number of benzene rings is 1. The Morgan fingerprint density at radius 3 is 2.95 bits per heavy atom. The molecule has 1 N–H and O–H groups in total. The molecule has 1 unspecified atom stereocenters. The second kappa shape index (κ2) is 7.84. The van der Waals surface area contributed by atoms with E-state index in [1.807, 2.05) is 6.92 Å². The van der Waals surface area contributed by atoms with Crippen LogP contribution in [0.1, 0.15) is 12.5 Å². The van der Waals surface area contributed by atoms with E-state index in [1.165, 1.54) is 24.9 Å². The molecule has 0 heterocycles. The quantitative estimate of drug-likeness (QED) is 0.782. The van der Waals surface area contributed by atoms with Crippen LogP contribution in [-0.4, -0.2) is 24.8 Å². The van der Waals surface area contributed by atoms with Crippen molar-refractivity contribution in [3.05, 3.63) is 42.2 Å². The molecule has 0 fully saturated rings. The molecule has 0 spiro atoms. The molecule has 0 bridgehead atoms. The maximum Gasteiger partial charge on any atom is 0.233 e. The standard InChI is InChI=1S/C14H18FNO2S/c1-4-7-16-14(17)10(2)19-9-11-5-6-13(18-3)12(15)8-11/h4-6,8,10H,1,7,9H2,2-3H3,(H,16,17). The minimum Gasteiger partial charge on any atom is -0.494 e. The second-order valence-electron chi connectivity index (χ2n) is 3.96. The van der Waals surface area contributed by atoms with Crippen LogP contribution in [-0.2, 0) is 10.5 Å². The molecule has 1 rings (SSSR count). The first-order chi connectivity index (χ1) is 9.08. The average molecular weight is 283 g/mol. The van der Waals surface area contributed by atoms with Gasteiger partial charge in [0.1, 0.15) is 0 Å². The summed E-state index contributed by atoms with van der Waals surface area (Å²) < 4.78 is 18.3. The zero-order chi connectivity index (χ0) is 14.3. The molecule has 1 aromatic carbocycles. The zero-order valence-electron chi connectivity index (χ0n) is 11.1.